The van der Waals surface area contributed by atoms with Crippen LogP contribution in [0.5, 0.6) is 0 Å². The van der Waals surface area contributed by atoms with E-state index in [9.17, 15) is 44.1 Å². The van der Waals surface area contributed by atoms with Crippen molar-refractivity contribution in [1.29, 1.82) is 0 Å². The van der Waals surface area contributed by atoms with Gasteiger partial charge in [0.15, 0.2) is 0 Å². The number of carbonyl (C=O) groups is 6. The molecule has 60 heavy (non-hydrogen) atoms. The summed E-state index contributed by atoms with van der Waals surface area (Å²) in [6.07, 6.45) is 4.04. The van der Waals surface area contributed by atoms with Gasteiger partial charge < -0.3 is 20.1 Å². The average molecular weight is 821 g/mol. The van der Waals surface area contributed by atoms with E-state index in [1.54, 1.807) is 31.2 Å². The maximum atomic E-state index is 13.3. The van der Waals surface area contributed by atoms with Crippen LogP contribution in [0.2, 0.25) is 0 Å². The third-order valence-electron chi connectivity index (χ3n) is 10.5. The lowest BCUT2D eigenvalue weighted by molar-refractivity contribution is -0.146. The van der Waals surface area contributed by atoms with Crippen molar-refractivity contribution in [2.75, 3.05) is 29.5 Å². The largest absolute Gasteiger partial charge is 0.480 e. The van der Waals surface area contributed by atoms with Gasteiger partial charge in [0.25, 0.3) is 0 Å². The maximum Gasteiger partial charge on any atom is 0.323 e. The highest BCUT2D eigenvalue weighted by Gasteiger charge is 2.36. The lowest BCUT2D eigenvalue weighted by Gasteiger charge is -2.27. The molecule has 4 aromatic rings. The van der Waals surface area contributed by atoms with Gasteiger partial charge in [-0.05, 0) is 92.7 Å². The molecule has 0 saturated carbocycles. The number of hydrogen-bond acceptors (Lipinski definition) is 9. The first-order chi connectivity index (χ1) is 28.9. The number of benzene rings is 4. The van der Waals surface area contributed by atoms with Crippen molar-refractivity contribution in [2.24, 2.45) is 0 Å². The van der Waals surface area contributed by atoms with Crippen molar-refractivity contribution in [2.45, 2.75) is 82.5 Å². The zero-order valence-corrected chi connectivity index (χ0v) is 33.6. The average Bonchev–Trinajstić information content (AvgIpc) is 3.45. The Bertz CT molecular complexity index is 2100. The van der Waals surface area contributed by atoms with Gasteiger partial charge in [0.1, 0.15) is 25.2 Å². The second-order valence-electron chi connectivity index (χ2n) is 14.7. The van der Waals surface area contributed by atoms with Crippen LogP contribution in [0.15, 0.2) is 109 Å². The summed E-state index contributed by atoms with van der Waals surface area (Å²) in [4.78, 5) is 76.0. The van der Waals surface area contributed by atoms with Crippen LogP contribution in [0.25, 0.3) is 0 Å². The van der Waals surface area contributed by atoms with Crippen LogP contribution < -0.4 is 20.4 Å². The summed E-state index contributed by atoms with van der Waals surface area (Å²) >= 11 is 0. The van der Waals surface area contributed by atoms with E-state index in [4.69, 9.17) is 4.74 Å². The Labute approximate surface area is 349 Å². The molecule has 2 aliphatic rings. The van der Waals surface area contributed by atoms with Crippen molar-refractivity contribution in [3.05, 3.63) is 131 Å². The molecule has 2 aliphatic heterocycles. The molecule has 6 rings (SSSR count). The highest BCUT2D eigenvalue weighted by atomic mass is 16.5. The monoisotopic (exact) mass is 820 g/mol. The van der Waals surface area contributed by atoms with Crippen LogP contribution in [0.1, 0.15) is 54.9 Å². The molecule has 2 amide bonds. The second kappa shape index (κ2) is 22.1. The molecule has 0 spiro atoms. The van der Waals surface area contributed by atoms with Gasteiger partial charge in [0, 0.05) is 11.4 Å². The van der Waals surface area contributed by atoms with Gasteiger partial charge in [-0.15, -0.1) is 0 Å². The standard InChI is InChI=1S/C24H28N2O5.C22H24N2O5/c1-2-31-24(30)20(14-12-17-8-4-3-5-9-17)25-19-15-13-18-10-6-7-11-21(18)26(23(19)29)16-22(27)28;25-20(26)14-24-19-9-5-4-8-16(19)11-13-17(21(24)27)23-18(22(28)29)12-10-15-6-2-1-3-7-15/h3-11,19-20,25H,2,12-16H2,1H3,(H,27,28);1-9,17-18,23H,10-14H2,(H,25,26)(H,28,29)/t19-,20-;17-,18-/m00/s1. The van der Waals surface area contributed by atoms with Crippen molar-refractivity contribution in [3.63, 3.8) is 0 Å². The number of aryl methyl sites for hydroxylation is 4. The molecule has 0 saturated heterocycles. The highest BCUT2D eigenvalue weighted by Crippen LogP contribution is 2.29. The van der Waals surface area contributed by atoms with Crippen LogP contribution in [0.4, 0.5) is 11.4 Å². The first kappa shape index (κ1) is 44.7. The Morgan fingerprint density at radius 1 is 0.617 bits per heavy atom. The van der Waals surface area contributed by atoms with Crippen molar-refractivity contribution in [3.8, 4) is 0 Å². The summed E-state index contributed by atoms with van der Waals surface area (Å²) < 4.78 is 5.23. The van der Waals surface area contributed by atoms with Gasteiger partial charge in [0.05, 0.1) is 18.7 Å². The number of ether oxygens (including phenoxy) is 1. The molecule has 14 heteroatoms. The van der Waals surface area contributed by atoms with Gasteiger partial charge in [-0.1, -0.05) is 97.1 Å². The van der Waals surface area contributed by atoms with E-state index >= 15 is 0 Å². The minimum atomic E-state index is -1.12. The summed E-state index contributed by atoms with van der Waals surface area (Å²) in [7, 11) is 0. The normalized spacial score (nSPS) is 17.1. The first-order valence-corrected chi connectivity index (χ1v) is 20.2. The fourth-order valence-electron chi connectivity index (χ4n) is 7.52. The van der Waals surface area contributed by atoms with Crippen LogP contribution in [0.3, 0.4) is 0 Å². The Balaban J connectivity index is 0.000000228. The van der Waals surface area contributed by atoms with E-state index in [1.165, 1.54) is 9.80 Å². The first-order valence-electron chi connectivity index (χ1n) is 20.2. The number of anilines is 2. The number of nitrogens with one attached hydrogen (secondary N) is 2. The molecule has 316 valence electrons. The zero-order valence-electron chi connectivity index (χ0n) is 33.6. The van der Waals surface area contributed by atoms with Crippen LogP contribution in [0, 0.1) is 0 Å². The molecule has 4 aromatic carbocycles. The Kier molecular flexibility index (Phi) is 16.5. The number of aliphatic carboxylic acids is 3. The minimum absolute atomic E-state index is 0.248. The predicted octanol–water partition coefficient (Wildman–Crippen LogP) is 4.67. The lowest BCUT2D eigenvalue weighted by Crippen LogP contribution is -2.53. The predicted molar refractivity (Wildman–Crippen MR) is 225 cm³/mol. The quantitative estimate of drug-likeness (QED) is 0.0924. The molecule has 14 nitrogen and oxygen atoms in total. The number of rotatable bonds is 17. The molecular weight excluding hydrogens is 769 g/mol. The molecule has 0 bridgehead atoms. The van der Waals surface area contributed by atoms with Crippen molar-refractivity contribution in [1.82, 2.24) is 10.6 Å². The third-order valence-corrected chi connectivity index (χ3v) is 10.5. The number of carboxylic acids is 3. The fourth-order valence-corrected chi connectivity index (χ4v) is 7.52. The van der Waals surface area contributed by atoms with Crippen LogP contribution in [-0.4, -0.2) is 94.9 Å². The number of amides is 2. The molecule has 0 unspecified atom stereocenters. The molecule has 0 aromatic heterocycles. The van der Waals surface area contributed by atoms with E-state index in [0.717, 1.165) is 22.3 Å². The fraction of sp³-hybridized carbons (Fsp3) is 0.348. The van der Waals surface area contributed by atoms with E-state index in [-0.39, 0.29) is 12.5 Å². The van der Waals surface area contributed by atoms with Gasteiger partial charge in [0.2, 0.25) is 11.8 Å². The summed E-state index contributed by atoms with van der Waals surface area (Å²) in [5.41, 5.74) is 5.08. The van der Waals surface area contributed by atoms with E-state index in [0.29, 0.717) is 62.7 Å². The smallest absolute Gasteiger partial charge is 0.323 e. The number of hydrogen-bond donors (Lipinski definition) is 5. The summed E-state index contributed by atoms with van der Waals surface area (Å²) in [5.74, 6) is -4.40. The number of fused-ring (bicyclic) bond motifs is 2. The topological polar surface area (TPSA) is 203 Å². The number of esters is 1. The molecule has 0 fully saturated rings. The van der Waals surface area contributed by atoms with Gasteiger partial charge >= 0.3 is 23.9 Å². The summed E-state index contributed by atoms with van der Waals surface area (Å²) in [6, 6.07) is 30.8. The second-order valence-corrected chi connectivity index (χ2v) is 14.7. The van der Waals surface area contributed by atoms with Gasteiger partial charge in [-0.3, -0.25) is 49.2 Å². The van der Waals surface area contributed by atoms with Gasteiger partial charge in [-0.2, -0.15) is 0 Å². The lowest BCUT2D eigenvalue weighted by atomic mass is 10.0. The third kappa shape index (κ3) is 12.6. The molecule has 4 atom stereocenters. The summed E-state index contributed by atoms with van der Waals surface area (Å²) in [6.45, 7) is 1.10. The number of carbonyl (C=O) groups excluding carboxylic acids is 3. The van der Waals surface area contributed by atoms with Gasteiger partial charge in [-0.25, -0.2) is 0 Å². The maximum absolute atomic E-state index is 13.3. The minimum Gasteiger partial charge on any atom is -0.480 e. The molecule has 0 radical (unpaired) electrons. The Morgan fingerprint density at radius 2 is 1.02 bits per heavy atom. The molecule has 0 aliphatic carbocycles. The van der Waals surface area contributed by atoms with Crippen LogP contribution in [-0.2, 0) is 59.2 Å². The van der Waals surface area contributed by atoms with E-state index in [2.05, 4.69) is 10.6 Å². The molecular formula is C46H52N4O10. The highest BCUT2D eigenvalue weighted by molar-refractivity contribution is 6.03. The van der Waals surface area contributed by atoms with E-state index in [1.807, 2.05) is 84.9 Å². The zero-order chi connectivity index (χ0) is 43.0. The number of nitrogens with zero attached hydrogens (tertiary/aromatic N) is 2. The Hall–Kier alpha value is -6.38. The van der Waals surface area contributed by atoms with Crippen LogP contribution >= 0.6 is 0 Å². The van der Waals surface area contributed by atoms with Crippen molar-refractivity contribution >= 4 is 47.1 Å². The summed E-state index contributed by atoms with van der Waals surface area (Å²) in [5, 5.41) is 34.4. The molecule has 5 N–H and O–H groups in total. The van der Waals surface area contributed by atoms with E-state index < -0.39 is 67.0 Å². The number of carboxylic acid groups (broad SMARTS) is 3. The van der Waals surface area contributed by atoms with Crippen molar-refractivity contribution < 1.29 is 48.8 Å². The number of para-hydroxylation sites is 2. The molecule has 2 heterocycles. The Morgan fingerprint density at radius 3 is 1.43 bits per heavy atom. The SMILES string of the molecule is CCOC(=O)[C@H](CCc1ccccc1)N[C@H]1CCc2ccccc2N(CC(=O)O)C1=O.O=C(O)CN1C(=O)[C@@H](N[C@@H](CCc2ccccc2)C(=O)O)CCc2ccccc21.